The third kappa shape index (κ3) is 9.01. The van der Waals surface area contributed by atoms with Gasteiger partial charge in [0.1, 0.15) is 12.6 Å². The van der Waals surface area contributed by atoms with Gasteiger partial charge in [0, 0.05) is 24.0 Å². The third-order valence-corrected chi connectivity index (χ3v) is 9.79. The van der Waals surface area contributed by atoms with E-state index < -0.39 is 28.5 Å². The van der Waals surface area contributed by atoms with E-state index in [1.54, 1.807) is 48.5 Å². The number of hydrogen-bond donors (Lipinski definition) is 1. The maximum Gasteiger partial charge on any atom is 0.264 e. The van der Waals surface area contributed by atoms with Crippen LogP contribution in [0, 0.1) is 6.92 Å². The number of rotatable bonds is 12. The highest BCUT2D eigenvalue weighted by Crippen LogP contribution is 2.28. The average Bonchev–Trinajstić information content (AvgIpc) is 2.99. The molecule has 0 bridgehead atoms. The lowest BCUT2D eigenvalue weighted by Crippen LogP contribution is -2.54. The fraction of sp³-hybridized carbons (Fsp3) is 0.235. The SMILES string of the molecule is Cc1ccc(S(=O)(=O)N(CC(=O)N(Cc2ccc(Cl)c(Cl)c2)[C@@H](Cc2ccccc2)C(=O)NC(C)C)c2cccc(Cl)c2)cc1. The largest absolute Gasteiger partial charge is 0.352 e. The molecule has 0 saturated heterocycles. The van der Waals surface area contributed by atoms with Gasteiger partial charge in [0.15, 0.2) is 0 Å². The summed E-state index contributed by atoms with van der Waals surface area (Å²) in [6.07, 6.45) is 0.189. The molecule has 0 aliphatic heterocycles. The van der Waals surface area contributed by atoms with Crippen LogP contribution in [0.25, 0.3) is 0 Å². The van der Waals surface area contributed by atoms with Crippen molar-refractivity contribution in [2.75, 3.05) is 10.8 Å². The molecule has 11 heteroatoms. The highest BCUT2D eigenvalue weighted by Gasteiger charge is 2.35. The van der Waals surface area contributed by atoms with E-state index in [9.17, 15) is 18.0 Å². The maximum atomic E-state index is 14.5. The Kier molecular flexibility index (Phi) is 11.6. The normalized spacial score (nSPS) is 12.1. The predicted molar refractivity (Wildman–Crippen MR) is 181 cm³/mol. The number of aryl methyl sites for hydroxylation is 1. The molecule has 2 amide bonds. The summed E-state index contributed by atoms with van der Waals surface area (Å²) in [5.41, 5.74) is 2.53. The Labute approximate surface area is 279 Å². The van der Waals surface area contributed by atoms with Crippen molar-refractivity contribution in [2.24, 2.45) is 0 Å². The number of amides is 2. The maximum absolute atomic E-state index is 14.5. The van der Waals surface area contributed by atoms with Gasteiger partial charge < -0.3 is 10.2 Å². The predicted octanol–water partition coefficient (Wildman–Crippen LogP) is 7.32. The van der Waals surface area contributed by atoms with Gasteiger partial charge in [-0.25, -0.2) is 8.42 Å². The van der Waals surface area contributed by atoms with E-state index in [0.717, 1.165) is 15.4 Å². The standard InChI is InChI=1S/C34H34Cl3N3O4S/c1-23(2)38-34(42)32(19-25-8-5-4-6-9-25)39(21-26-14-17-30(36)31(37)18-26)33(41)22-40(28-11-7-10-27(35)20-28)45(43,44)29-15-12-24(3)13-16-29/h4-18,20,23,32H,19,21-22H2,1-3H3,(H,38,42)/t32-/m0/s1. The average molecular weight is 687 g/mol. The van der Waals surface area contributed by atoms with Crippen LogP contribution in [0.4, 0.5) is 5.69 Å². The molecule has 1 atom stereocenters. The zero-order valence-corrected chi connectivity index (χ0v) is 28.2. The molecule has 0 heterocycles. The Balaban J connectivity index is 1.82. The number of carbonyl (C=O) groups excluding carboxylic acids is 2. The van der Waals surface area contributed by atoms with E-state index in [1.165, 1.54) is 23.1 Å². The molecule has 0 aliphatic carbocycles. The quantitative estimate of drug-likeness (QED) is 0.169. The smallest absolute Gasteiger partial charge is 0.264 e. The molecule has 45 heavy (non-hydrogen) atoms. The number of nitrogens with zero attached hydrogens (tertiary/aromatic N) is 2. The molecular weight excluding hydrogens is 653 g/mol. The summed E-state index contributed by atoms with van der Waals surface area (Å²) in [5, 5.41) is 3.86. The zero-order valence-electron chi connectivity index (χ0n) is 25.1. The fourth-order valence-corrected chi connectivity index (χ4v) is 6.68. The van der Waals surface area contributed by atoms with Crippen LogP contribution in [-0.2, 0) is 32.6 Å². The number of benzene rings is 4. The lowest BCUT2D eigenvalue weighted by molar-refractivity contribution is -0.140. The van der Waals surface area contributed by atoms with E-state index in [-0.39, 0.29) is 40.5 Å². The lowest BCUT2D eigenvalue weighted by Gasteiger charge is -2.34. The van der Waals surface area contributed by atoms with Gasteiger partial charge in [0.2, 0.25) is 11.8 Å². The van der Waals surface area contributed by atoms with Crippen LogP contribution in [-0.4, -0.2) is 43.8 Å². The van der Waals surface area contributed by atoms with Crippen LogP contribution in [0.5, 0.6) is 0 Å². The number of sulfonamides is 1. The summed E-state index contributed by atoms with van der Waals surface area (Å²) in [6, 6.07) is 25.7. The van der Waals surface area contributed by atoms with Crippen molar-refractivity contribution in [1.82, 2.24) is 10.2 Å². The Morgan fingerprint density at radius 3 is 2.11 bits per heavy atom. The van der Waals surface area contributed by atoms with Crippen molar-refractivity contribution in [2.45, 2.75) is 50.7 Å². The highest BCUT2D eigenvalue weighted by molar-refractivity contribution is 7.92. The first kappa shape index (κ1) is 34.3. The van der Waals surface area contributed by atoms with E-state index in [0.29, 0.717) is 15.6 Å². The molecule has 0 spiro atoms. The molecule has 0 unspecified atom stereocenters. The van der Waals surface area contributed by atoms with Crippen molar-refractivity contribution < 1.29 is 18.0 Å². The van der Waals surface area contributed by atoms with Gasteiger partial charge in [0.05, 0.1) is 20.6 Å². The van der Waals surface area contributed by atoms with Gasteiger partial charge in [-0.3, -0.25) is 13.9 Å². The molecule has 0 aliphatic rings. The van der Waals surface area contributed by atoms with E-state index in [1.807, 2.05) is 51.1 Å². The Hall–Kier alpha value is -3.56. The highest BCUT2D eigenvalue weighted by atomic mass is 35.5. The van der Waals surface area contributed by atoms with Gasteiger partial charge >= 0.3 is 0 Å². The summed E-state index contributed by atoms with van der Waals surface area (Å²) in [4.78, 5) is 29.6. The summed E-state index contributed by atoms with van der Waals surface area (Å²) >= 11 is 18.8. The molecule has 4 aromatic rings. The first-order valence-electron chi connectivity index (χ1n) is 14.3. The van der Waals surface area contributed by atoms with Crippen molar-refractivity contribution in [1.29, 1.82) is 0 Å². The van der Waals surface area contributed by atoms with Gasteiger partial charge in [-0.05, 0) is 74.4 Å². The first-order chi connectivity index (χ1) is 21.3. The molecule has 236 valence electrons. The molecule has 4 aromatic carbocycles. The molecule has 0 radical (unpaired) electrons. The van der Waals surface area contributed by atoms with Crippen LogP contribution in [0.15, 0.2) is 102 Å². The topological polar surface area (TPSA) is 86.8 Å². The minimum Gasteiger partial charge on any atom is -0.352 e. The van der Waals surface area contributed by atoms with Crippen molar-refractivity contribution >= 4 is 62.3 Å². The second-order valence-electron chi connectivity index (χ2n) is 10.9. The number of nitrogens with one attached hydrogen (secondary N) is 1. The van der Waals surface area contributed by atoms with E-state index in [2.05, 4.69) is 5.32 Å². The van der Waals surface area contributed by atoms with E-state index >= 15 is 0 Å². The second-order valence-corrected chi connectivity index (χ2v) is 14.1. The van der Waals surface area contributed by atoms with E-state index in [4.69, 9.17) is 34.8 Å². The van der Waals surface area contributed by atoms with Gasteiger partial charge in [-0.1, -0.05) is 95.0 Å². The van der Waals surface area contributed by atoms with Crippen molar-refractivity contribution in [3.63, 3.8) is 0 Å². The molecule has 0 saturated carbocycles. The molecule has 0 fully saturated rings. The van der Waals surface area contributed by atoms with Gasteiger partial charge in [0.25, 0.3) is 10.0 Å². The van der Waals surface area contributed by atoms with Crippen LogP contribution in [0.3, 0.4) is 0 Å². The third-order valence-electron chi connectivity index (χ3n) is 7.02. The second kappa shape index (κ2) is 15.1. The fourth-order valence-electron chi connectivity index (χ4n) is 4.77. The lowest BCUT2D eigenvalue weighted by atomic mass is 10.0. The van der Waals surface area contributed by atoms with Gasteiger partial charge in [-0.2, -0.15) is 0 Å². The van der Waals surface area contributed by atoms with Crippen LogP contribution < -0.4 is 9.62 Å². The molecule has 4 rings (SSSR count). The summed E-state index contributed by atoms with van der Waals surface area (Å²) in [5.74, 6) is -0.977. The van der Waals surface area contributed by atoms with Crippen molar-refractivity contribution in [3.8, 4) is 0 Å². The molecule has 1 N–H and O–H groups in total. The number of carbonyl (C=O) groups is 2. The minimum atomic E-state index is -4.24. The summed E-state index contributed by atoms with van der Waals surface area (Å²) < 4.78 is 29.2. The monoisotopic (exact) mass is 685 g/mol. The molecule has 7 nitrogen and oxygen atoms in total. The summed E-state index contributed by atoms with van der Waals surface area (Å²) in [6.45, 7) is 4.88. The van der Waals surface area contributed by atoms with Crippen LogP contribution in [0.1, 0.15) is 30.5 Å². The van der Waals surface area contributed by atoms with Gasteiger partial charge in [-0.15, -0.1) is 0 Å². The van der Waals surface area contributed by atoms with Crippen LogP contribution in [0.2, 0.25) is 15.1 Å². The minimum absolute atomic E-state index is 0.00953. The van der Waals surface area contributed by atoms with Crippen molar-refractivity contribution in [3.05, 3.63) is 129 Å². The molecular formula is C34H34Cl3N3O4S. The number of anilines is 1. The molecule has 0 aromatic heterocycles. The number of hydrogen-bond acceptors (Lipinski definition) is 4. The Morgan fingerprint density at radius 1 is 0.800 bits per heavy atom. The Morgan fingerprint density at radius 2 is 1.49 bits per heavy atom. The Bertz CT molecular complexity index is 1750. The summed E-state index contributed by atoms with van der Waals surface area (Å²) in [7, 11) is -4.24. The first-order valence-corrected chi connectivity index (χ1v) is 16.8. The zero-order chi connectivity index (χ0) is 32.7. The number of halogens is 3. The van der Waals surface area contributed by atoms with Crippen LogP contribution >= 0.6 is 34.8 Å².